The summed E-state index contributed by atoms with van der Waals surface area (Å²) in [5.41, 5.74) is 0. The molecule has 4 nitrogen and oxygen atoms in total. The Balaban J connectivity index is 2.10. The predicted octanol–water partition coefficient (Wildman–Crippen LogP) is 1.13. The number of rotatable bonds is 6. The van der Waals surface area contributed by atoms with Crippen LogP contribution in [0.15, 0.2) is 0 Å². The molecule has 1 saturated heterocycles. The molecule has 0 aromatic carbocycles. The van der Waals surface area contributed by atoms with Crippen LogP contribution < -0.4 is 10.6 Å². The number of likely N-dealkylation sites (tertiary alicyclic amines) is 1. The van der Waals surface area contributed by atoms with Gasteiger partial charge in [-0.25, -0.2) is 0 Å². The monoisotopic (exact) mass is 281 g/mol. The maximum Gasteiger partial charge on any atom is 0.405 e. The molecule has 0 aromatic rings. The highest BCUT2D eigenvalue weighted by Crippen LogP contribution is 2.12. The zero-order chi connectivity index (χ0) is 14.3. The standard InChI is InChI=1S/C12H22F3N3O/c1-10(18-5-3-2-4-6-18)7-16-8-11(19)17-9-12(13,14)15/h10,16H,2-9H2,1H3,(H,17,19). The molecule has 1 rings (SSSR count). The van der Waals surface area contributed by atoms with Crippen LogP contribution in [0.5, 0.6) is 0 Å². The zero-order valence-corrected chi connectivity index (χ0v) is 11.2. The molecular formula is C12H22F3N3O. The summed E-state index contributed by atoms with van der Waals surface area (Å²) in [5, 5.41) is 4.73. The molecule has 1 unspecified atom stereocenters. The van der Waals surface area contributed by atoms with Crippen LogP contribution in [0.4, 0.5) is 13.2 Å². The van der Waals surface area contributed by atoms with Gasteiger partial charge >= 0.3 is 6.18 Å². The van der Waals surface area contributed by atoms with Gasteiger partial charge in [0.05, 0.1) is 6.54 Å². The molecule has 112 valence electrons. The lowest BCUT2D eigenvalue weighted by Gasteiger charge is -2.32. The number of alkyl halides is 3. The molecule has 1 amide bonds. The van der Waals surface area contributed by atoms with Crippen molar-refractivity contribution >= 4 is 5.91 Å². The van der Waals surface area contributed by atoms with Crippen LogP contribution in [0.2, 0.25) is 0 Å². The summed E-state index contributed by atoms with van der Waals surface area (Å²) in [6, 6.07) is 0.302. The number of piperidine rings is 1. The van der Waals surface area contributed by atoms with E-state index in [1.54, 1.807) is 0 Å². The minimum Gasteiger partial charge on any atom is -0.346 e. The van der Waals surface area contributed by atoms with E-state index in [0.29, 0.717) is 12.6 Å². The van der Waals surface area contributed by atoms with Crippen LogP contribution in [0.1, 0.15) is 26.2 Å². The molecule has 0 spiro atoms. The maximum atomic E-state index is 11.9. The number of carbonyl (C=O) groups is 1. The van der Waals surface area contributed by atoms with Crippen molar-refractivity contribution in [2.24, 2.45) is 0 Å². The molecule has 1 heterocycles. The maximum absolute atomic E-state index is 11.9. The van der Waals surface area contributed by atoms with Crippen LogP contribution in [-0.4, -0.2) is 55.7 Å². The highest BCUT2D eigenvalue weighted by molar-refractivity contribution is 5.77. The molecule has 19 heavy (non-hydrogen) atoms. The molecule has 7 heteroatoms. The van der Waals surface area contributed by atoms with Crippen LogP contribution >= 0.6 is 0 Å². The summed E-state index contributed by atoms with van der Waals surface area (Å²) >= 11 is 0. The Labute approximate surface area is 111 Å². The van der Waals surface area contributed by atoms with E-state index in [2.05, 4.69) is 17.1 Å². The second-order valence-electron chi connectivity index (χ2n) is 4.97. The van der Waals surface area contributed by atoms with Crippen LogP contribution in [0.25, 0.3) is 0 Å². The summed E-state index contributed by atoms with van der Waals surface area (Å²) in [4.78, 5) is 13.5. The topological polar surface area (TPSA) is 44.4 Å². The summed E-state index contributed by atoms with van der Waals surface area (Å²) in [5.74, 6) is -0.622. The number of hydrogen-bond acceptors (Lipinski definition) is 3. The summed E-state index contributed by atoms with van der Waals surface area (Å²) < 4.78 is 35.6. The third-order valence-electron chi connectivity index (χ3n) is 3.23. The first-order valence-electron chi connectivity index (χ1n) is 6.67. The first-order chi connectivity index (χ1) is 8.88. The number of carbonyl (C=O) groups excluding carboxylic acids is 1. The van der Waals surface area contributed by atoms with E-state index in [1.807, 2.05) is 5.32 Å². The van der Waals surface area contributed by atoms with Gasteiger partial charge in [0.15, 0.2) is 0 Å². The Morgan fingerprint density at radius 3 is 2.47 bits per heavy atom. The van der Waals surface area contributed by atoms with E-state index in [1.165, 1.54) is 19.3 Å². The molecule has 0 bridgehead atoms. The third-order valence-corrected chi connectivity index (χ3v) is 3.23. The van der Waals surface area contributed by atoms with Gasteiger partial charge in [-0.3, -0.25) is 9.69 Å². The van der Waals surface area contributed by atoms with Crippen LogP contribution in [0.3, 0.4) is 0 Å². The van der Waals surface area contributed by atoms with Crippen molar-refractivity contribution in [1.29, 1.82) is 0 Å². The quantitative estimate of drug-likeness (QED) is 0.767. The van der Waals surface area contributed by atoms with Crippen molar-refractivity contribution in [2.45, 2.75) is 38.4 Å². The average molecular weight is 281 g/mol. The molecule has 0 radical (unpaired) electrons. The van der Waals surface area contributed by atoms with Crippen LogP contribution in [-0.2, 0) is 4.79 Å². The van der Waals surface area contributed by atoms with Gasteiger partial charge < -0.3 is 10.6 Å². The van der Waals surface area contributed by atoms with Gasteiger partial charge in [0, 0.05) is 12.6 Å². The molecule has 0 aromatic heterocycles. The Hall–Kier alpha value is -0.820. The van der Waals surface area contributed by atoms with Gasteiger partial charge in [-0.15, -0.1) is 0 Å². The van der Waals surface area contributed by atoms with Gasteiger partial charge in [-0.2, -0.15) is 13.2 Å². The van der Waals surface area contributed by atoms with Gasteiger partial charge in [0.2, 0.25) is 5.91 Å². The number of halogens is 3. The minimum absolute atomic E-state index is 0.0751. The second kappa shape index (κ2) is 7.69. The first kappa shape index (κ1) is 16.2. The molecule has 1 aliphatic heterocycles. The largest absolute Gasteiger partial charge is 0.405 e. The van der Waals surface area contributed by atoms with Crippen molar-refractivity contribution in [2.75, 3.05) is 32.7 Å². The Morgan fingerprint density at radius 2 is 1.89 bits per heavy atom. The van der Waals surface area contributed by atoms with Crippen molar-refractivity contribution < 1.29 is 18.0 Å². The predicted molar refractivity (Wildman–Crippen MR) is 66.8 cm³/mol. The number of hydrogen-bond donors (Lipinski definition) is 2. The molecular weight excluding hydrogens is 259 g/mol. The van der Waals surface area contributed by atoms with E-state index in [0.717, 1.165) is 13.1 Å². The number of nitrogens with one attached hydrogen (secondary N) is 2. The smallest absolute Gasteiger partial charge is 0.346 e. The van der Waals surface area contributed by atoms with Gasteiger partial charge in [0.25, 0.3) is 0 Å². The van der Waals surface area contributed by atoms with Gasteiger partial charge in [-0.05, 0) is 32.9 Å². The molecule has 1 fully saturated rings. The molecule has 0 saturated carbocycles. The Morgan fingerprint density at radius 1 is 1.26 bits per heavy atom. The van der Waals surface area contributed by atoms with Crippen molar-refractivity contribution in [1.82, 2.24) is 15.5 Å². The average Bonchev–Trinajstić information content (AvgIpc) is 2.36. The number of nitrogens with zero attached hydrogens (tertiary/aromatic N) is 1. The summed E-state index contributed by atoms with van der Waals surface area (Å²) in [6.45, 7) is 3.45. The highest BCUT2D eigenvalue weighted by Gasteiger charge is 2.27. The fraction of sp³-hybridized carbons (Fsp3) is 0.917. The lowest BCUT2D eigenvalue weighted by Crippen LogP contribution is -2.46. The van der Waals surface area contributed by atoms with E-state index in [-0.39, 0.29) is 6.54 Å². The van der Waals surface area contributed by atoms with E-state index < -0.39 is 18.6 Å². The fourth-order valence-corrected chi connectivity index (χ4v) is 2.14. The van der Waals surface area contributed by atoms with E-state index in [4.69, 9.17) is 0 Å². The molecule has 1 aliphatic rings. The third kappa shape index (κ3) is 7.37. The Bertz CT molecular complexity index is 278. The molecule has 1 atom stereocenters. The second-order valence-corrected chi connectivity index (χ2v) is 4.97. The van der Waals surface area contributed by atoms with Gasteiger partial charge in [-0.1, -0.05) is 6.42 Å². The minimum atomic E-state index is -4.35. The van der Waals surface area contributed by atoms with Crippen molar-refractivity contribution in [3.05, 3.63) is 0 Å². The van der Waals surface area contributed by atoms with E-state index >= 15 is 0 Å². The number of amides is 1. The summed E-state index contributed by atoms with van der Waals surface area (Å²) in [6.07, 6.45) is -0.708. The van der Waals surface area contributed by atoms with Gasteiger partial charge in [0.1, 0.15) is 6.54 Å². The molecule has 2 N–H and O–H groups in total. The van der Waals surface area contributed by atoms with Crippen LogP contribution in [0, 0.1) is 0 Å². The van der Waals surface area contributed by atoms with Crippen molar-refractivity contribution in [3.8, 4) is 0 Å². The first-order valence-corrected chi connectivity index (χ1v) is 6.67. The fourth-order valence-electron chi connectivity index (χ4n) is 2.14. The molecule has 0 aliphatic carbocycles. The lowest BCUT2D eigenvalue weighted by molar-refractivity contribution is -0.137. The Kier molecular flexibility index (Phi) is 6.57. The zero-order valence-electron chi connectivity index (χ0n) is 11.2. The highest BCUT2D eigenvalue weighted by atomic mass is 19.4. The lowest BCUT2D eigenvalue weighted by atomic mass is 10.1. The SMILES string of the molecule is CC(CNCC(=O)NCC(F)(F)F)N1CCCCC1. The van der Waals surface area contributed by atoms with Crippen molar-refractivity contribution in [3.63, 3.8) is 0 Å². The summed E-state index contributed by atoms with van der Waals surface area (Å²) in [7, 11) is 0. The normalized spacial score (nSPS) is 19.2. The van der Waals surface area contributed by atoms with E-state index in [9.17, 15) is 18.0 Å².